The highest BCUT2D eigenvalue weighted by Gasteiger charge is 2.46. The molecule has 1 saturated heterocycles. The molecule has 1 radical (unpaired) electrons. The van der Waals surface area contributed by atoms with Crippen LogP contribution in [-0.2, 0) is 16.6 Å². The summed E-state index contributed by atoms with van der Waals surface area (Å²) in [5.74, 6) is 0.829. The van der Waals surface area contributed by atoms with Crippen LogP contribution in [0, 0.1) is 0 Å². The Hall–Kier alpha value is -1.36. The Morgan fingerprint density at radius 2 is 1.74 bits per heavy atom. The average Bonchev–Trinajstić information content (AvgIpc) is 2.49. The van der Waals surface area contributed by atoms with Gasteiger partial charge in [0.1, 0.15) is 12.4 Å². The fourth-order valence-corrected chi connectivity index (χ4v) is 3.34. The van der Waals surface area contributed by atoms with Crippen molar-refractivity contribution < 1.29 is 14.7 Å². The molecule has 0 bridgehead atoms. The van der Waals surface area contributed by atoms with Gasteiger partial charge in [0.25, 0.3) is 0 Å². The third-order valence-corrected chi connectivity index (χ3v) is 4.33. The molecule has 1 aliphatic heterocycles. The number of piperidine rings is 1. The van der Waals surface area contributed by atoms with Gasteiger partial charge in [0.05, 0.1) is 12.7 Å². The second-order valence-corrected chi connectivity index (χ2v) is 7.50. The molecule has 0 saturated carbocycles. The maximum absolute atomic E-state index is 12.4. The molecule has 127 valence electrons. The highest BCUT2D eigenvalue weighted by Crippen LogP contribution is 2.38. The Kier molecular flexibility index (Phi) is 5.50. The zero-order valence-electron chi connectivity index (χ0n) is 14.7. The lowest BCUT2D eigenvalue weighted by Gasteiger charge is -2.49. The van der Waals surface area contributed by atoms with Gasteiger partial charge in [-0.15, -0.1) is 10.3 Å². The number of rotatable bonds is 6. The molecule has 0 spiro atoms. The van der Waals surface area contributed by atoms with Crippen LogP contribution >= 0.6 is 0 Å². The van der Waals surface area contributed by atoms with E-state index in [-0.39, 0.29) is 6.10 Å². The number of nitrogens with zero attached hydrogens (tertiary/aromatic N) is 1. The summed E-state index contributed by atoms with van der Waals surface area (Å²) in [6.45, 7) is 12.6. The number of hydrogen-bond donors (Lipinski definition) is 0. The van der Waals surface area contributed by atoms with E-state index in [9.17, 15) is 5.21 Å². The van der Waals surface area contributed by atoms with Gasteiger partial charge in [0, 0.05) is 11.1 Å². The van der Waals surface area contributed by atoms with Crippen LogP contribution < -0.4 is 4.74 Å². The Morgan fingerprint density at radius 3 is 2.26 bits per heavy atom. The highest BCUT2D eigenvalue weighted by molar-refractivity contribution is 5.27. The van der Waals surface area contributed by atoms with Crippen molar-refractivity contribution in [3.63, 3.8) is 0 Å². The molecule has 0 unspecified atom stereocenters. The second-order valence-electron chi connectivity index (χ2n) is 7.50. The molecule has 1 aliphatic rings. The summed E-state index contributed by atoms with van der Waals surface area (Å²) in [6, 6.07) is 7.90. The lowest BCUT2D eigenvalue weighted by Crippen LogP contribution is -2.59. The van der Waals surface area contributed by atoms with Gasteiger partial charge in [0.15, 0.2) is 0 Å². The molecule has 4 heteroatoms. The van der Waals surface area contributed by atoms with Gasteiger partial charge in [0.2, 0.25) is 0 Å². The van der Waals surface area contributed by atoms with Crippen molar-refractivity contribution >= 4 is 0 Å². The van der Waals surface area contributed by atoms with Gasteiger partial charge in [-0.25, -0.2) is 0 Å². The first-order valence-electron chi connectivity index (χ1n) is 8.16. The van der Waals surface area contributed by atoms with Crippen molar-refractivity contribution in [1.29, 1.82) is 0 Å². The molecule has 2 rings (SSSR count). The quantitative estimate of drug-likeness (QED) is 0.740. The first-order valence-corrected chi connectivity index (χ1v) is 8.16. The predicted octanol–water partition coefficient (Wildman–Crippen LogP) is 4.14. The van der Waals surface area contributed by atoms with Crippen LogP contribution in [0.3, 0.4) is 0 Å². The Labute approximate surface area is 139 Å². The van der Waals surface area contributed by atoms with E-state index in [2.05, 4.69) is 6.58 Å². The molecule has 0 aromatic heterocycles. The first-order chi connectivity index (χ1) is 10.7. The Morgan fingerprint density at radius 1 is 1.17 bits per heavy atom. The van der Waals surface area contributed by atoms with Crippen LogP contribution in [0.25, 0.3) is 0 Å². The Balaban J connectivity index is 1.91. The van der Waals surface area contributed by atoms with E-state index in [0.29, 0.717) is 13.2 Å². The van der Waals surface area contributed by atoms with Crippen molar-refractivity contribution in [2.75, 3.05) is 6.61 Å². The van der Waals surface area contributed by atoms with Crippen LogP contribution in [0.2, 0.25) is 0 Å². The van der Waals surface area contributed by atoms with Crippen molar-refractivity contribution in [3.05, 3.63) is 42.5 Å². The number of ether oxygens (including phenoxy) is 2. The average molecular weight is 318 g/mol. The summed E-state index contributed by atoms with van der Waals surface area (Å²) in [6.07, 6.45) is 3.32. The SMILES string of the molecule is C=CCOc1ccc(COC2CC(C)(C)N([O])C(C)(C)C2)cc1. The third-order valence-electron chi connectivity index (χ3n) is 4.33. The maximum Gasteiger partial charge on any atom is 0.119 e. The molecule has 0 amide bonds. The number of hydroxylamine groups is 2. The lowest BCUT2D eigenvalue weighted by molar-refractivity contribution is -0.301. The fraction of sp³-hybridized carbons (Fsp3) is 0.579. The smallest absolute Gasteiger partial charge is 0.119 e. The first kappa shape index (κ1) is 18.0. The van der Waals surface area contributed by atoms with E-state index in [1.807, 2.05) is 52.0 Å². The molecular weight excluding hydrogens is 290 g/mol. The molecule has 0 N–H and O–H groups in total. The molecule has 23 heavy (non-hydrogen) atoms. The number of hydrogen-bond acceptors (Lipinski definition) is 3. The summed E-state index contributed by atoms with van der Waals surface area (Å²) in [5, 5.41) is 13.6. The molecule has 0 atom stereocenters. The zero-order chi connectivity index (χ0) is 17.1. The third kappa shape index (κ3) is 4.56. The van der Waals surface area contributed by atoms with Gasteiger partial charge in [-0.05, 0) is 58.2 Å². The lowest BCUT2D eigenvalue weighted by atomic mass is 9.80. The topological polar surface area (TPSA) is 41.6 Å². The van der Waals surface area contributed by atoms with Gasteiger partial charge in [-0.1, -0.05) is 24.8 Å². The van der Waals surface area contributed by atoms with Crippen LogP contribution in [-0.4, -0.2) is 28.9 Å². The summed E-state index contributed by atoms with van der Waals surface area (Å²) < 4.78 is 11.6. The molecule has 1 aromatic rings. The van der Waals surface area contributed by atoms with Crippen LogP contribution in [0.4, 0.5) is 0 Å². The molecule has 4 nitrogen and oxygen atoms in total. The Bertz CT molecular complexity index is 504. The van der Waals surface area contributed by atoms with E-state index in [1.54, 1.807) is 6.08 Å². The summed E-state index contributed by atoms with van der Waals surface area (Å²) in [7, 11) is 0. The summed E-state index contributed by atoms with van der Waals surface area (Å²) >= 11 is 0. The van der Waals surface area contributed by atoms with Gasteiger partial charge in [-0.2, -0.15) is 0 Å². The van der Waals surface area contributed by atoms with E-state index < -0.39 is 11.1 Å². The minimum atomic E-state index is -0.394. The van der Waals surface area contributed by atoms with Crippen molar-refractivity contribution in [2.45, 2.75) is 64.3 Å². The van der Waals surface area contributed by atoms with Crippen molar-refractivity contribution in [3.8, 4) is 5.75 Å². The predicted molar refractivity (Wildman–Crippen MR) is 90.6 cm³/mol. The van der Waals surface area contributed by atoms with Gasteiger partial charge >= 0.3 is 0 Å². The standard InChI is InChI=1S/C19H28NO3/c1-6-11-22-16-9-7-15(8-10-16)14-23-17-12-18(2,3)20(21)19(4,5)13-17/h6-10,17H,1,11-14H2,2-5H3. The minimum absolute atomic E-state index is 0.0990. The zero-order valence-corrected chi connectivity index (χ0v) is 14.7. The van der Waals surface area contributed by atoms with Gasteiger partial charge in [-0.3, -0.25) is 0 Å². The van der Waals surface area contributed by atoms with E-state index in [1.165, 1.54) is 5.06 Å². The van der Waals surface area contributed by atoms with Crippen molar-refractivity contribution in [2.24, 2.45) is 0 Å². The minimum Gasteiger partial charge on any atom is -0.490 e. The molecule has 1 heterocycles. The van der Waals surface area contributed by atoms with Crippen LogP contribution in [0.1, 0.15) is 46.1 Å². The maximum atomic E-state index is 12.4. The molecular formula is C19H28NO3. The van der Waals surface area contributed by atoms with E-state index in [4.69, 9.17) is 9.47 Å². The molecule has 1 fully saturated rings. The summed E-state index contributed by atoms with van der Waals surface area (Å²) in [5.41, 5.74) is 0.319. The summed E-state index contributed by atoms with van der Waals surface area (Å²) in [4.78, 5) is 0. The second kappa shape index (κ2) is 7.04. The normalized spacial score (nSPS) is 21.1. The monoisotopic (exact) mass is 318 g/mol. The number of benzene rings is 1. The highest BCUT2D eigenvalue weighted by atomic mass is 16.5. The van der Waals surface area contributed by atoms with Crippen molar-refractivity contribution in [1.82, 2.24) is 5.06 Å². The fourth-order valence-electron chi connectivity index (χ4n) is 3.34. The largest absolute Gasteiger partial charge is 0.490 e. The van der Waals surface area contributed by atoms with E-state index >= 15 is 0 Å². The molecule has 0 aliphatic carbocycles. The van der Waals surface area contributed by atoms with E-state index in [0.717, 1.165) is 24.2 Å². The van der Waals surface area contributed by atoms with Crippen LogP contribution in [0.15, 0.2) is 36.9 Å². The molecule has 1 aromatic carbocycles. The van der Waals surface area contributed by atoms with Gasteiger partial charge < -0.3 is 9.47 Å². The van der Waals surface area contributed by atoms with Crippen LogP contribution in [0.5, 0.6) is 5.75 Å².